The van der Waals surface area contributed by atoms with Crippen LogP contribution >= 0.6 is 0 Å². The molecule has 0 aliphatic rings. The van der Waals surface area contributed by atoms with Crippen LogP contribution in [0.4, 0.5) is 4.39 Å². The summed E-state index contributed by atoms with van der Waals surface area (Å²) in [7, 11) is 3.00. The molecule has 132 valence electrons. The fourth-order valence-electron chi connectivity index (χ4n) is 2.10. The Labute approximate surface area is 144 Å². The summed E-state index contributed by atoms with van der Waals surface area (Å²) in [6.45, 7) is 0.481. The molecule has 0 radical (unpaired) electrons. The van der Waals surface area contributed by atoms with E-state index in [1.807, 2.05) is 0 Å². The Morgan fingerprint density at radius 3 is 1.80 bits per heavy atom. The van der Waals surface area contributed by atoms with Crippen molar-refractivity contribution in [3.8, 4) is 11.5 Å². The van der Waals surface area contributed by atoms with E-state index in [1.54, 1.807) is 18.2 Å². The maximum Gasteiger partial charge on any atom is 0.251 e. The van der Waals surface area contributed by atoms with Crippen molar-refractivity contribution >= 4 is 11.8 Å². The molecule has 0 aliphatic carbocycles. The van der Waals surface area contributed by atoms with E-state index in [-0.39, 0.29) is 24.9 Å². The fraction of sp³-hybridized carbons (Fsp3) is 0.222. The summed E-state index contributed by atoms with van der Waals surface area (Å²) in [5.74, 6) is -0.0358. The van der Waals surface area contributed by atoms with Crippen LogP contribution in [-0.4, -0.2) is 39.1 Å². The molecule has 0 spiro atoms. The van der Waals surface area contributed by atoms with Crippen molar-refractivity contribution in [2.24, 2.45) is 0 Å². The third-order valence-corrected chi connectivity index (χ3v) is 3.42. The first-order valence-corrected chi connectivity index (χ1v) is 7.58. The molecule has 0 heterocycles. The average Bonchev–Trinajstić information content (AvgIpc) is 2.64. The van der Waals surface area contributed by atoms with E-state index in [2.05, 4.69) is 10.6 Å². The van der Waals surface area contributed by atoms with Gasteiger partial charge in [0, 0.05) is 30.3 Å². The fourth-order valence-corrected chi connectivity index (χ4v) is 2.10. The first-order valence-electron chi connectivity index (χ1n) is 7.58. The van der Waals surface area contributed by atoms with Crippen molar-refractivity contribution in [2.75, 3.05) is 27.3 Å². The Morgan fingerprint density at radius 1 is 0.840 bits per heavy atom. The minimum Gasteiger partial charge on any atom is -0.497 e. The van der Waals surface area contributed by atoms with Crippen molar-refractivity contribution in [1.82, 2.24) is 10.6 Å². The number of benzene rings is 2. The van der Waals surface area contributed by atoms with Crippen molar-refractivity contribution in [1.29, 1.82) is 0 Å². The van der Waals surface area contributed by atoms with Gasteiger partial charge in [-0.3, -0.25) is 9.59 Å². The number of carbonyl (C=O) groups excluding carboxylic acids is 2. The van der Waals surface area contributed by atoms with E-state index in [9.17, 15) is 14.0 Å². The van der Waals surface area contributed by atoms with E-state index in [1.165, 1.54) is 38.5 Å². The van der Waals surface area contributed by atoms with Crippen molar-refractivity contribution in [3.05, 3.63) is 59.4 Å². The maximum absolute atomic E-state index is 12.8. The van der Waals surface area contributed by atoms with Crippen LogP contribution in [0.15, 0.2) is 42.5 Å². The first kappa shape index (κ1) is 18.3. The standard InChI is InChI=1S/C18H19FN2O4/c1-24-15-9-13(10-16(11-15)25-2)18(23)21-8-7-20-17(22)12-3-5-14(19)6-4-12/h3-6,9-11H,7-8H2,1-2H3,(H,20,22)(H,21,23). The van der Waals surface area contributed by atoms with Gasteiger partial charge in [0.05, 0.1) is 14.2 Å². The van der Waals surface area contributed by atoms with Crippen molar-refractivity contribution < 1.29 is 23.5 Å². The molecular formula is C18H19FN2O4. The molecule has 0 aromatic heterocycles. The summed E-state index contributed by atoms with van der Waals surface area (Å²) in [5, 5.41) is 5.34. The zero-order valence-electron chi connectivity index (χ0n) is 14.0. The Morgan fingerprint density at radius 2 is 1.32 bits per heavy atom. The molecule has 2 aromatic carbocycles. The number of ether oxygens (including phenoxy) is 2. The van der Waals surface area contributed by atoms with Gasteiger partial charge in [-0.05, 0) is 36.4 Å². The predicted molar refractivity (Wildman–Crippen MR) is 90.6 cm³/mol. The number of amides is 2. The Kier molecular flexibility index (Phi) is 6.33. The Bertz CT molecular complexity index is 725. The number of carbonyl (C=O) groups is 2. The smallest absolute Gasteiger partial charge is 0.251 e. The van der Waals surface area contributed by atoms with Gasteiger partial charge in [0.2, 0.25) is 0 Å². The number of hydrogen-bond donors (Lipinski definition) is 2. The van der Waals surface area contributed by atoms with Crippen LogP contribution in [0, 0.1) is 5.82 Å². The summed E-state index contributed by atoms with van der Waals surface area (Å²) in [6.07, 6.45) is 0. The summed E-state index contributed by atoms with van der Waals surface area (Å²) >= 11 is 0. The van der Waals surface area contributed by atoms with E-state index in [0.29, 0.717) is 22.6 Å². The highest BCUT2D eigenvalue weighted by molar-refractivity contribution is 5.95. The van der Waals surface area contributed by atoms with Crippen molar-refractivity contribution in [3.63, 3.8) is 0 Å². The van der Waals surface area contributed by atoms with Gasteiger partial charge in [-0.1, -0.05) is 0 Å². The highest BCUT2D eigenvalue weighted by Gasteiger charge is 2.10. The summed E-state index contributed by atoms with van der Waals surface area (Å²) in [5.41, 5.74) is 0.742. The molecule has 2 amide bonds. The van der Waals surface area contributed by atoms with Gasteiger partial charge in [0.25, 0.3) is 11.8 Å². The largest absolute Gasteiger partial charge is 0.497 e. The molecule has 2 rings (SSSR count). The molecule has 25 heavy (non-hydrogen) atoms. The normalized spacial score (nSPS) is 10.0. The average molecular weight is 346 g/mol. The molecule has 0 fully saturated rings. The lowest BCUT2D eigenvalue weighted by Gasteiger charge is -2.10. The summed E-state index contributed by atoms with van der Waals surface area (Å²) < 4.78 is 23.1. The molecule has 0 aliphatic heterocycles. The Balaban J connectivity index is 1.84. The topological polar surface area (TPSA) is 76.7 Å². The lowest BCUT2D eigenvalue weighted by atomic mass is 10.2. The van der Waals surface area contributed by atoms with Crippen LogP contribution < -0.4 is 20.1 Å². The molecule has 0 atom stereocenters. The summed E-state index contributed by atoms with van der Waals surface area (Å²) in [6, 6.07) is 10.1. The highest BCUT2D eigenvalue weighted by Crippen LogP contribution is 2.22. The molecule has 0 unspecified atom stereocenters. The van der Waals surface area contributed by atoms with Crippen LogP contribution in [0.2, 0.25) is 0 Å². The predicted octanol–water partition coefficient (Wildman–Crippen LogP) is 2.00. The number of methoxy groups -OCH3 is 2. The number of nitrogens with one attached hydrogen (secondary N) is 2. The monoisotopic (exact) mass is 346 g/mol. The molecular weight excluding hydrogens is 327 g/mol. The van der Waals surface area contributed by atoms with Gasteiger partial charge in [-0.2, -0.15) is 0 Å². The zero-order chi connectivity index (χ0) is 18.2. The zero-order valence-corrected chi connectivity index (χ0v) is 14.0. The third-order valence-electron chi connectivity index (χ3n) is 3.42. The van der Waals surface area contributed by atoms with Gasteiger partial charge >= 0.3 is 0 Å². The second-order valence-electron chi connectivity index (χ2n) is 5.12. The quantitative estimate of drug-likeness (QED) is 0.752. The second-order valence-corrected chi connectivity index (χ2v) is 5.12. The van der Waals surface area contributed by atoms with Crippen molar-refractivity contribution in [2.45, 2.75) is 0 Å². The maximum atomic E-state index is 12.8. The first-order chi connectivity index (χ1) is 12.0. The number of hydrogen-bond acceptors (Lipinski definition) is 4. The van der Waals surface area contributed by atoms with E-state index < -0.39 is 5.82 Å². The number of rotatable bonds is 7. The molecule has 0 bridgehead atoms. The molecule has 2 aromatic rings. The lowest BCUT2D eigenvalue weighted by Crippen LogP contribution is -2.34. The van der Waals surface area contributed by atoms with Crippen LogP contribution in [0.3, 0.4) is 0 Å². The van der Waals surface area contributed by atoms with E-state index in [0.717, 1.165) is 0 Å². The SMILES string of the molecule is COc1cc(OC)cc(C(=O)NCCNC(=O)c2ccc(F)cc2)c1. The lowest BCUT2D eigenvalue weighted by molar-refractivity contribution is 0.0927. The second kappa shape index (κ2) is 8.68. The minimum atomic E-state index is -0.405. The highest BCUT2D eigenvalue weighted by atomic mass is 19.1. The van der Waals surface area contributed by atoms with Gasteiger partial charge in [-0.25, -0.2) is 4.39 Å². The number of halogens is 1. The van der Waals surface area contributed by atoms with E-state index >= 15 is 0 Å². The third kappa shape index (κ3) is 5.20. The summed E-state index contributed by atoms with van der Waals surface area (Å²) in [4.78, 5) is 24.0. The van der Waals surface area contributed by atoms with Gasteiger partial charge in [0.1, 0.15) is 17.3 Å². The van der Waals surface area contributed by atoms with Gasteiger partial charge in [-0.15, -0.1) is 0 Å². The molecule has 6 nitrogen and oxygen atoms in total. The molecule has 2 N–H and O–H groups in total. The van der Waals surface area contributed by atoms with E-state index in [4.69, 9.17) is 9.47 Å². The van der Waals surface area contributed by atoms with Gasteiger partial charge < -0.3 is 20.1 Å². The van der Waals surface area contributed by atoms with Crippen LogP contribution in [0.25, 0.3) is 0 Å². The van der Waals surface area contributed by atoms with Crippen LogP contribution in [0.5, 0.6) is 11.5 Å². The molecule has 0 saturated carbocycles. The molecule has 0 saturated heterocycles. The van der Waals surface area contributed by atoms with Gasteiger partial charge in [0.15, 0.2) is 0 Å². The van der Waals surface area contributed by atoms with Crippen LogP contribution in [0.1, 0.15) is 20.7 Å². The molecule has 7 heteroatoms. The minimum absolute atomic E-state index is 0.239. The Hall–Kier alpha value is -3.09. The van der Waals surface area contributed by atoms with Crippen LogP contribution in [-0.2, 0) is 0 Å².